The van der Waals surface area contributed by atoms with Gasteiger partial charge in [-0.1, -0.05) is 223 Å². The molecule has 0 bridgehead atoms. The largest absolute Gasteiger partial charge is 0.462 e. The average molecular weight is 839 g/mol. The Morgan fingerprint density at radius 3 is 1.08 bits per heavy atom. The van der Waals surface area contributed by atoms with E-state index >= 15 is 0 Å². The van der Waals surface area contributed by atoms with Gasteiger partial charge in [0.05, 0.1) is 0 Å². The second-order valence-corrected chi connectivity index (χ2v) is 16.8. The Balaban J connectivity index is 4.43. The van der Waals surface area contributed by atoms with Crippen LogP contribution in [0.2, 0.25) is 0 Å². The van der Waals surface area contributed by atoms with Gasteiger partial charge in [-0.3, -0.25) is 14.4 Å². The Kier molecular flexibility index (Phi) is 46.4. The summed E-state index contributed by atoms with van der Waals surface area (Å²) in [4.78, 5) is 37.9. The first-order valence-corrected chi connectivity index (χ1v) is 25.3. The van der Waals surface area contributed by atoms with Gasteiger partial charge in [-0.05, 0) is 64.2 Å². The van der Waals surface area contributed by atoms with Crippen LogP contribution in [0.15, 0.2) is 60.8 Å². The zero-order chi connectivity index (χ0) is 43.7. The van der Waals surface area contributed by atoms with Crippen molar-refractivity contribution in [2.75, 3.05) is 13.2 Å². The highest BCUT2D eigenvalue weighted by Gasteiger charge is 2.19. The fourth-order valence-corrected chi connectivity index (χ4v) is 7.04. The van der Waals surface area contributed by atoms with Gasteiger partial charge in [0.1, 0.15) is 13.2 Å². The molecule has 6 heteroatoms. The third kappa shape index (κ3) is 46.2. The van der Waals surface area contributed by atoms with E-state index in [1.54, 1.807) is 0 Å². The maximum absolute atomic E-state index is 12.8. The maximum Gasteiger partial charge on any atom is 0.306 e. The van der Waals surface area contributed by atoms with E-state index in [-0.39, 0.29) is 31.1 Å². The van der Waals surface area contributed by atoms with E-state index < -0.39 is 6.10 Å². The zero-order valence-electron chi connectivity index (χ0n) is 39.5. The molecule has 0 aromatic carbocycles. The van der Waals surface area contributed by atoms with Crippen molar-refractivity contribution in [1.29, 1.82) is 0 Å². The van der Waals surface area contributed by atoms with Crippen molar-refractivity contribution in [2.45, 2.75) is 252 Å². The van der Waals surface area contributed by atoms with Gasteiger partial charge in [0, 0.05) is 19.3 Å². The number of hydrogen-bond acceptors (Lipinski definition) is 6. The van der Waals surface area contributed by atoms with Crippen LogP contribution in [0.1, 0.15) is 245 Å². The third-order valence-corrected chi connectivity index (χ3v) is 10.9. The molecule has 60 heavy (non-hydrogen) atoms. The Bertz CT molecular complexity index is 1100. The molecule has 0 aliphatic heterocycles. The number of esters is 3. The number of hydrogen-bond donors (Lipinski definition) is 0. The van der Waals surface area contributed by atoms with E-state index in [0.717, 1.165) is 96.3 Å². The van der Waals surface area contributed by atoms with Crippen molar-refractivity contribution >= 4 is 17.9 Å². The second-order valence-electron chi connectivity index (χ2n) is 16.8. The molecule has 0 amide bonds. The van der Waals surface area contributed by atoms with Gasteiger partial charge in [0.15, 0.2) is 6.10 Å². The van der Waals surface area contributed by atoms with Crippen molar-refractivity contribution in [3.05, 3.63) is 60.8 Å². The highest BCUT2D eigenvalue weighted by molar-refractivity contribution is 5.71. The van der Waals surface area contributed by atoms with Crippen LogP contribution in [0.5, 0.6) is 0 Å². The molecule has 0 N–H and O–H groups in total. The van der Waals surface area contributed by atoms with E-state index in [2.05, 4.69) is 63.3 Å². The van der Waals surface area contributed by atoms with Crippen LogP contribution in [0.25, 0.3) is 0 Å². The lowest BCUT2D eigenvalue weighted by Gasteiger charge is -2.18. The molecule has 0 aliphatic rings. The molecule has 1 atom stereocenters. The Hall–Kier alpha value is -2.89. The van der Waals surface area contributed by atoms with E-state index in [1.165, 1.54) is 109 Å². The smallest absolute Gasteiger partial charge is 0.306 e. The number of unbranched alkanes of at least 4 members (excludes halogenated alkanes) is 27. The van der Waals surface area contributed by atoms with Crippen molar-refractivity contribution in [3.8, 4) is 0 Å². The van der Waals surface area contributed by atoms with Crippen molar-refractivity contribution in [2.24, 2.45) is 0 Å². The quantitative estimate of drug-likeness (QED) is 0.0200. The lowest BCUT2D eigenvalue weighted by Crippen LogP contribution is -2.30. The highest BCUT2D eigenvalue weighted by atomic mass is 16.6. The molecule has 6 nitrogen and oxygen atoms in total. The maximum atomic E-state index is 12.8. The summed E-state index contributed by atoms with van der Waals surface area (Å²) in [6, 6.07) is 0. The molecule has 0 radical (unpaired) electrons. The van der Waals surface area contributed by atoms with Crippen LogP contribution >= 0.6 is 0 Å². The number of carbonyl (C=O) groups excluding carboxylic acids is 3. The summed E-state index contributed by atoms with van der Waals surface area (Å²) in [5.41, 5.74) is 0. The fraction of sp³-hybridized carbons (Fsp3) is 0.759. The summed E-state index contributed by atoms with van der Waals surface area (Å²) in [7, 11) is 0. The van der Waals surface area contributed by atoms with E-state index in [4.69, 9.17) is 14.2 Å². The average Bonchev–Trinajstić information content (AvgIpc) is 3.24. The molecule has 0 aromatic heterocycles. The van der Waals surface area contributed by atoms with Crippen LogP contribution in [-0.2, 0) is 28.6 Å². The summed E-state index contributed by atoms with van der Waals surface area (Å²) >= 11 is 0. The minimum atomic E-state index is -0.786. The van der Waals surface area contributed by atoms with Crippen LogP contribution in [0, 0.1) is 0 Å². The summed E-state index contributed by atoms with van der Waals surface area (Å²) < 4.78 is 16.8. The summed E-state index contributed by atoms with van der Waals surface area (Å²) in [5, 5.41) is 0. The molecule has 0 fully saturated rings. The Labute approximate surface area is 370 Å². The zero-order valence-corrected chi connectivity index (χ0v) is 39.5. The molecular formula is C54H94O6. The number of ether oxygens (including phenoxy) is 3. The van der Waals surface area contributed by atoms with Crippen molar-refractivity contribution in [3.63, 3.8) is 0 Å². The molecule has 0 aromatic rings. The molecule has 0 heterocycles. The van der Waals surface area contributed by atoms with Crippen molar-refractivity contribution < 1.29 is 28.6 Å². The molecule has 0 saturated heterocycles. The van der Waals surface area contributed by atoms with Gasteiger partial charge in [-0.2, -0.15) is 0 Å². The monoisotopic (exact) mass is 839 g/mol. The van der Waals surface area contributed by atoms with E-state index in [1.807, 2.05) is 18.2 Å². The van der Waals surface area contributed by atoms with Crippen LogP contribution in [0.4, 0.5) is 0 Å². The van der Waals surface area contributed by atoms with E-state index in [9.17, 15) is 14.4 Å². The first-order valence-electron chi connectivity index (χ1n) is 25.3. The van der Waals surface area contributed by atoms with Crippen LogP contribution < -0.4 is 0 Å². The molecular weight excluding hydrogens is 745 g/mol. The lowest BCUT2D eigenvalue weighted by molar-refractivity contribution is -0.167. The standard InChI is InChI=1S/C54H94O6/c1-4-7-10-13-16-19-22-25-27-30-32-35-38-41-44-47-53(56)59-50-51(49-58-52(55)46-43-40-37-34-31-28-24-21-18-15-12-9-6-3)60-54(57)48-45-42-39-36-33-29-26-23-20-17-14-11-8-5-2/h7,10,13,16,19,22,25,27-28,31,51H,4-6,8-9,11-12,14-15,17-18,20-21,23-24,26,29-30,32-50H2,1-3H3/b10-7-,16-13-,22-19-,27-25-,31-28-. The van der Waals surface area contributed by atoms with Gasteiger partial charge < -0.3 is 14.2 Å². The number of rotatable bonds is 45. The van der Waals surface area contributed by atoms with Crippen LogP contribution in [0.3, 0.4) is 0 Å². The van der Waals surface area contributed by atoms with Crippen molar-refractivity contribution in [1.82, 2.24) is 0 Å². The van der Waals surface area contributed by atoms with Gasteiger partial charge >= 0.3 is 17.9 Å². The summed E-state index contributed by atoms with van der Waals surface area (Å²) in [6.07, 6.45) is 59.1. The fourth-order valence-electron chi connectivity index (χ4n) is 7.04. The Morgan fingerprint density at radius 1 is 0.350 bits per heavy atom. The molecule has 0 aliphatic carbocycles. The highest BCUT2D eigenvalue weighted by Crippen LogP contribution is 2.15. The van der Waals surface area contributed by atoms with Crippen LogP contribution in [-0.4, -0.2) is 37.2 Å². The first kappa shape index (κ1) is 57.1. The first-order chi connectivity index (χ1) is 29.5. The normalized spacial score (nSPS) is 12.5. The van der Waals surface area contributed by atoms with E-state index in [0.29, 0.717) is 19.3 Å². The molecule has 0 spiro atoms. The summed E-state index contributed by atoms with van der Waals surface area (Å²) in [6.45, 7) is 6.46. The minimum absolute atomic E-state index is 0.0883. The lowest BCUT2D eigenvalue weighted by atomic mass is 10.0. The number of carbonyl (C=O) groups is 3. The van der Waals surface area contributed by atoms with Gasteiger partial charge in [-0.15, -0.1) is 0 Å². The predicted molar refractivity (Wildman–Crippen MR) is 256 cm³/mol. The summed E-state index contributed by atoms with van der Waals surface area (Å²) in [5.74, 6) is -0.921. The molecule has 0 saturated carbocycles. The predicted octanol–water partition coefficient (Wildman–Crippen LogP) is 16.5. The second kappa shape index (κ2) is 48.8. The topological polar surface area (TPSA) is 78.9 Å². The minimum Gasteiger partial charge on any atom is -0.462 e. The molecule has 0 rings (SSSR count). The third-order valence-electron chi connectivity index (χ3n) is 10.9. The van der Waals surface area contributed by atoms with Gasteiger partial charge in [0.25, 0.3) is 0 Å². The SMILES string of the molecule is CC\C=C/C=C\C=C/C=C\CCCCCCCC(=O)OCC(COC(=O)CCCCC/C=C\CCCCCCCC)OC(=O)CCCCCCCCCCCCCCCC. The van der Waals surface area contributed by atoms with Gasteiger partial charge in [-0.25, -0.2) is 0 Å². The molecule has 346 valence electrons. The molecule has 1 unspecified atom stereocenters. The van der Waals surface area contributed by atoms with Gasteiger partial charge in [0.2, 0.25) is 0 Å². The Morgan fingerprint density at radius 2 is 0.667 bits per heavy atom. The number of allylic oxidation sites excluding steroid dienone is 10.